The molecular formula is C15H15FN2. The second-order valence-corrected chi connectivity index (χ2v) is 4.69. The summed E-state index contributed by atoms with van der Waals surface area (Å²) in [6.07, 6.45) is 2.19. The number of halogens is 1. The van der Waals surface area contributed by atoms with E-state index in [9.17, 15) is 4.39 Å². The molecule has 18 heavy (non-hydrogen) atoms. The molecule has 2 nitrogen and oxygen atoms in total. The summed E-state index contributed by atoms with van der Waals surface area (Å²) in [6, 6.07) is 13.7. The highest BCUT2D eigenvalue weighted by molar-refractivity contribution is 5.38. The maximum Gasteiger partial charge on any atom is 0.218 e. The van der Waals surface area contributed by atoms with Gasteiger partial charge in [-0.15, -0.1) is 0 Å². The molecule has 1 N–H and O–H groups in total. The summed E-state index contributed by atoms with van der Waals surface area (Å²) in [5, 5.41) is 3.14. The van der Waals surface area contributed by atoms with E-state index in [1.807, 2.05) is 42.5 Å². The molecule has 1 heterocycles. The van der Waals surface area contributed by atoms with Gasteiger partial charge < -0.3 is 5.32 Å². The Morgan fingerprint density at radius 2 is 1.89 bits per heavy atom. The fraction of sp³-hybridized carbons (Fsp3) is 0.267. The molecule has 1 aliphatic rings. The van der Waals surface area contributed by atoms with Crippen molar-refractivity contribution in [1.29, 1.82) is 0 Å². The van der Waals surface area contributed by atoms with Crippen LogP contribution in [0.3, 0.4) is 0 Å². The molecule has 1 aliphatic carbocycles. The monoisotopic (exact) mass is 242 g/mol. The molecule has 0 saturated heterocycles. The predicted molar refractivity (Wildman–Crippen MR) is 69.9 cm³/mol. The highest BCUT2D eigenvalue weighted by atomic mass is 19.1. The lowest BCUT2D eigenvalue weighted by atomic mass is 10.2. The third-order valence-electron chi connectivity index (χ3n) is 3.21. The van der Waals surface area contributed by atoms with Crippen molar-refractivity contribution >= 4 is 5.82 Å². The normalized spacial score (nSPS) is 14.5. The number of hydrogen-bond acceptors (Lipinski definition) is 2. The minimum absolute atomic E-state index is 0.324. The van der Waals surface area contributed by atoms with E-state index < -0.39 is 0 Å². The van der Waals surface area contributed by atoms with Crippen molar-refractivity contribution in [2.24, 2.45) is 0 Å². The summed E-state index contributed by atoms with van der Waals surface area (Å²) in [5.74, 6) is 0.678. The number of pyridine rings is 1. The number of nitrogens with one attached hydrogen (secondary N) is 1. The highest BCUT2D eigenvalue weighted by Gasteiger charge is 2.27. The van der Waals surface area contributed by atoms with Crippen LogP contribution in [0, 0.1) is 5.95 Å². The Morgan fingerprint density at radius 1 is 1.11 bits per heavy atom. The van der Waals surface area contributed by atoms with E-state index >= 15 is 0 Å². The lowest BCUT2D eigenvalue weighted by Crippen LogP contribution is -2.03. The molecule has 0 radical (unpaired) electrons. The van der Waals surface area contributed by atoms with Gasteiger partial charge in [0, 0.05) is 12.1 Å². The van der Waals surface area contributed by atoms with E-state index in [2.05, 4.69) is 10.3 Å². The van der Waals surface area contributed by atoms with E-state index in [4.69, 9.17) is 0 Å². The van der Waals surface area contributed by atoms with Gasteiger partial charge in [-0.05, 0) is 30.4 Å². The Bertz CT molecular complexity index is 535. The van der Waals surface area contributed by atoms with E-state index in [0.717, 1.165) is 24.0 Å². The van der Waals surface area contributed by atoms with E-state index in [0.29, 0.717) is 18.3 Å². The summed E-state index contributed by atoms with van der Waals surface area (Å²) in [4.78, 5) is 3.97. The number of nitrogens with zero attached hydrogens (tertiary/aromatic N) is 1. The van der Waals surface area contributed by atoms with Crippen LogP contribution in [0.25, 0.3) is 0 Å². The van der Waals surface area contributed by atoms with Gasteiger partial charge >= 0.3 is 0 Å². The predicted octanol–water partition coefficient (Wildman–Crippen LogP) is 3.71. The number of aromatic nitrogens is 1. The third-order valence-corrected chi connectivity index (χ3v) is 3.21. The number of rotatable bonds is 4. The van der Waals surface area contributed by atoms with Crippen LogP contribution in [0.4, 0.5) is 10.2 Å². The van der Waals surface area contributed by atoms with Crippen LogP contribution in [0.15, 0.2) is 42.5 Å². The lowest BCUT2D eigenvalue weighted by Gasteiger charge is -2.07. The molecular weight excluding hydrogens is 227 g/mol. The van der Waals surface area contributed by atoms with Gasteiger partial charge in [-0.1, -0.05) is 36.4 Å². The summed E-state index contributed by atoms with van der Waals surface area (Å²) >= 11 is 0. The standard InChI is InChI=1S/C15H15FN2/c16-15-13(12-6-7-12)8-9-14(18-15)17-10-11-4-2-1-3-5-11/h1-5,8-9,12H,6-7,10H2,(H,17,18). The van der Waals surface area contributed by atoms with Crippen molar-refractivity contribution in [1.82, 2.24) is 4.98 Å². The maximum absolute atomic E-state index is 13.7. The fourth-order valence-electron chi connectivity index (χ4n) is 2.03. The van der Waals surface area contributed by atoms with Crippen molar-refractivity contribution in [2.45, 2.75) is 25.3 Å². The molecule has 0 atom stereocenters. The smallest absolute Gasteiger partial charge is 0.218 e. The van der Waals surface area contributed by atoms with Crippen molar-refractivity contribution in [2.75, 3.05) is 5.32 Å². The van der Waals surface area contributed by atoms with E-state index in [1.165, 1.54) is 0 Å². The van der Waals surface area contributed by atoms with Gasteiger partial charge in [0.2, 0.25) is 5.95 Å². The third kappa shape index (κ3) is 2.50. The van der Waals surface area contributed by atoms with Crippen molar-refractivity contribution < 1.29 is 4.39 Å². The Hall–Kier alpha value is -1.90. The second-order valence-electron chi connectivity index (χ2n) is 4.69. The number of benzene rings is 1. The van der Waals surface area contributed by atoms with Crippen LogP contribution in [0.2, 0.25) is 0 Å². The summed E-state index contributed by atoms with van der Waals surface area (Å²) in [7, 11) is 0. The molecule has 0 amide bonds. The van der Waals surface area contributed by atoms with Gasteiger partial charge in [0.15, 0.2) is 0 Å². The average Bonchev–Trinajstić information content (AvgIpc) is 3.22. The molecule has 1 fully saturated rings. The zero-order chi connectivity index (χ0) is 12.4. The molecule has 0 spiro atoms. The first-order valence-electron chi connectivity index (χ1n) is 6.27. The second kappa shape index (κ2) is 4.77. The fourth-order valence-corrected chi connectivity index (χ4v) is 2.03. The van der Waals surface area contributed by atoms with Crippen molar-refractivity contribution in [3.63, 3.8) is 0 Å². The topological polar surface area (TPSA) is 24.9 Å². The summed E-state index contributed by atoms with van der Waals surface area (Å²) < 4.78 is 13.7. The Kier molecular flexibility index (Phi) is 2.97. The molecule has 0 bridgehead atoms. The van der Waals surface area contributed by atoms with E-state index in [-0.39, 0.29) is 5.95 Å². The molecule has 3 heteroatoms. The van der Waals surface area contributed by atoms with Crippen LogP contribution >= 0.6 is 0 Å². The number of hydrogen-bond donors (Lipinski definition) is 1. The zero-order valence-electron chi connectivity index (χ0n) is 10.1. The quantitative estimate of drug-likeness (QED) is 0.827. The van der Waals surface area contributed by atoms with Gasteiger partial charge in [0.25, 0.3) is 0 Å². The van der Waals surface area contributed by atoms with Gasteiger partial charge in [-0.3, -0.25) is 0 Å². The SMILES string of the molecule is Fc1nc(NCc2ccccc2)ccc1C1CC1. The van der Waals surface area contributed by atoms with Crippen molar-refractivity contribution in [3.8, 4) is 0 Å². The van der Waals surface area contributed by atoms with Crippen LogP contribution < -0.4 is 5.32 Å². The first-order chi connectivity index (χ1) is 8.83. The Balaban J connectivity index is 1.68. The highest BCUT2D eigenvalue weighted by Crippen LogP contribution is 2.41. The molecule has 1 aromatic heterocycles. The molecule has 92 valence electrons. The van der Waals surface area contributed by atoms with Gasteiger partial charge in [0.05, 0.1) is 0 Å². The summed E-state index contributed by atoms with van der Waals surface area (Å²) in [6.45, 7) is 0.663. The number of anilines is 1. The van der Waals surface area contributed by atoms with Crippen molar-refractivity contribution in [3.05, 3.63) is 59.5 Å². The maximum atomic E-state index is 13.7. The zero-order valence-corrected chi connectivity index (χ0v) is 10.1. The molecule has 2 aromatic rings. The summed E-state index contributed by atoms with van der Waals surface area (Å²) in [5.41, 5.74) is 1.92. The van der Waals surface area contributed by atoms with Crippen LogP contribution in [-0.2, 0) is 6.54 Å². The molecule has 3 rings (SSSR count). The average molecular weight is 242 g/mol. The van der Waals surface area contributed by atoms with Crippen LogP contribution in [0.5, 0.6) is 0 Å². The molecule has 1 saturated carbocycles. The molecule has 0 unspecified atom stereocenters. The first-order valence-corrected chi connectivity index (χ1v) is 6.27. The minimum Gasteiger partial charge on any atom is -0.366 e. The molecule has 1 aromatic carbocycles. The largest absolute Gasteiger partial charge is 0.366 e. The van der Waals surface area contributed by atoms with Crippen LogP contribution in [-0.4, -0.2) is 4.98 Å². The van der Waals surface area contributed by atoms with E-state index in [1.54, 1.807) is 0 Å². The Labute approximate surface area is 106 Å². The first kappa shape index (κ1) is 11.2. The van der Waals surface area contributed by atoms with Crippen LogP contribution in [0.1, 0.15) is 29.9 Å². The van der Waals surface area contributed by atoms with Gasteiger partial charge in [-0.25, -0.2) is 4.98 Å². The molecule has 0 aliphatic heterocycles. The lowest BCUT2D eigenvalue weighted by molar-refractivity contribution is 0.568. The van der Waals surface area contributed by atoms with Gasteiger partial charge in [-0.2, -0.15) is 4.39 Å². The van der Waals surface area contributed by atoms with Gasteiger partial charge in [0.1, 0.15) is 5.82 Å². The Morgan fingerprint density at radius 3 is 2.56 bits per heavy atom. The minimum atomic E-state index is -0.324.